The molecule has 23 heavy (non-hydrogen) atoms. The van der Waals surface area contributed by atoms with Gasteiger partial charge in [-0.2, -0.15) is 5.10 Å². The van der Waals surface area contributed by atoms with Crippen LogP contribution in [0.1, 0.15) is 37.3 Å². The van der Waals surface area contributed by atoms with Crippen molar-refractivity contribution in [1.29, 1.82) is 0 Å². The van der Waals surface area contributed by atoms with E-state index in [2.05, 4.69) is 9.82 Å². The van der Waals surface area contributed by atoms with E-state index in [0.29, 0.717) is 44.6 Å². The summed E-state index contributed by atoms with van der Waals surface area (Å²) in [6, 6.07) is 0. The molecular weight excluding hydrogens is 328 g/mol. The van der Waals surface area contributed by atoms with Crippen LogP contribution in [0.4, 0.5) is 8.78 Å². The Hall–Kier alpha value is -1.06. The lowest BCUT2D eigenvalue weighted by Crippen LogP contribution is -2.38. The Morgan fingerprint density at radius 2 is 2.00 bits per heavy atom. The molecule has 0 spiro atoms. The summed E-state index contributed by atoms with van der Waals surface area (Å²) in [7, 11) is -2.39. The minimum atomic E-state index is -4.01. The first kappa shape index (κ1) is 16.8. The highest BCUT2D eigenvalue weighted by Crippen LogP contribution is 2.43. The van der Waals surface area contributed by atoms with Gasteiger partial charge in [-0.15, -0.1) is 0 Å². The van der Waals surface area contributed by atoms with E-state index in [4.69, 9.17) is 4.74 Å². The van der Waals surface area contributed by atoms with E-state index in [1.165, 1.54) is 10.9 Å². The number of aryl methyl sites for hydroxylation is 1. The predicted molar refractivity (Wildman–Crippen MR) is 78.9 cm³/mol. The van der Waals surface area contributed by atoms with E-state index < -0.39 is 28.4 Å². The van der Waals surface area contributed by atoms with E-state index in [0.717, 1.165) is 0 Å². The van der Waals surface area contributed by atoms with E-state index in [1.807, 2.05) is 0 Å². The van der Waals surface area contributed by atoms with Crippen molar-refractivity contribution in [1.82, 2.24) is 14.5 Å². The second-order valence-electron chi connectivity index (χ2n) is 6.30. The van der Waals surface area contributed by atoms with Gasteiger partial charge in [0.15, 0.2) is 0 Å². The van der Waals surface area contributed by atoms with Crippen LogP contribution in [0.15, 0.2) is 11.1 Å². The third kappa shape index (κ3) is 3.72. The summed E-state index contributed by atoms with van der Waals surface area (Å²) in [6.07, 6.45) is 3.64. The molecule has 1 saturated carbocycles. The van der Waals surface area contributed by atoms with Crippen LogP contribution in [-0.4, -0.2) is 43.9 Å². The highest BCUT2D eigenvalue weighted by Gasteiger charge is 2.47. The maximum absolute atomic E-state index is 13.8. The first-order chi connectivity index (χ1) is 10.8. The molecule has 1 aliphatic carbocycles. The molecule has 6 nitrogen and oxygen atoms in total. The van der Waals surface area contributed by atoms with Crippen molar-refractivity contribution in [2.75, 3.05) is 19.8 Å². The number of aromatic nitrogens is 2. The van der Waals surface area contributed by atoms with Gasteiger partial charge in [-0.1, -0.05) is 0 Å². The molecule has 0 radical (unpaired) electrons. The minimum Gasteiger partial charge on any atom is -0.381 e. The van der Waals surface area contributed by atoms with Gasteiger partial charge in [0.1, 0.15) is 4.90 Å². The summed E-state index contributed by atoms with van der Waals surface area (Å²) in [6.45, 7) is 0.240. The molecule has 130 valence electrons. The van der Waals surface area contributed by atoms with Crippen LogP contribution >= 0.6 is 0 Å². The van der Waals surface area contributed by atoms with E-state index >= 15 is 0 Å². The van der Waals surface area contributed by atoms with Crippen molar-refractivity contribution in [2.24, 2.45) is 13.0 Å². The van der Waals surface area contributed by atoms with Gasteiger partial charge in [0.05, 0.1) is 12.2 Å². The number of nitrogens with zero attached hydrogens (tertiary/aromatic N) is 2. The molecule has 0 unspecified atom stereocenters. The fourth-order valence-electron chi connectivity index (χ4n) is 2.86. The molecule has 2 heterocycles. The molecule has 0 atom stereocenters. The summed E-state index contributed by atoms with van der Waals surface area (Å²) >= 11 is 0. The van der Waals surface area contributed by atoms with Crippen LogP contribution < -0.4 is 4.72 Å². The van der Waals surface area contributed by atoms with Gasteiger partial charge in [0.25, 0.3) is 5.92 Å². The van der Waals surface area contributed by atoms with Gasteiger partial charge >= 0.3 is 0 Å². The Morgan fingerprint density at radius 1 is 1.35 bits per heavy atom. The third-order valence-corrected chi connectivity index (χ3v) is 5.81. The van der Waals surface area contributed by atoms with Gasteiger partial charge in [-0.25, -0.2) is 21.9 Å². The highest BCUT2D eigenvalue weighted by molar-refractivity contribution is 7.89. The molecule has 1 saturated heterocycles. The van der Waals surface area contributed by atoms with Gasteiger partial charge in [0, 0.05) is 38.3 Å². The van der Waals surface area contributed by atoms with Crippen LogP contribution in [0.2, 0.25) is 0 Å². The summed E-state index contributed by atoms with van der Waals surface area (Å²) in [5.41, 5.74) is 0.443. The number of hydrogen-bond donors (Lipinski definition) is 1. The summed E-state index contributed by atoms with van der Waals surface area (Å²) in [5, 5.41) is 4.25. The number of alkyl halides is 2. The lowest BCUT2D eigenvalue weighted by Gasteiger charge is -2.21. The molecule has 0 aromatic carbocycles. The van der Waals surface area contributed by atoms with Crippen LogP contribution in [-0.2, 0) is 21.8 Å². The molecule has 1 aliphatic heterocycles. The number of hydrogen-bond acceptors (Lipinski definition) is 4. The largest absolute Gasteiger partial charge is 0.381 e. The first-order valence-corrected chi connectivity index (χ1v) is 9.27. The van der Waals surface area contributed by atoms with Crippen LogP contribution in [0, 0.1) is 5.92 Å². The monoisotopic (exact) mass is 349 g/mol. The maximum atomic E-state index is 13.8. The number of nitrogens with one attached hydrogen (secondary N) is 1. The third-order valence-electron chi connectivity index (χ3n) is 4.39. The van der Waals surface area contributed by atoms with E-state index in [1.54, 1.807) is 7.05 Å². The Bertz CT molecular complexity index is 665. The fourth-order valence-corrected chi connectivity index (χ4v) is 4.18. The Labute approximate surface area is 134 Å². The quantitative estimate of drug-likeness (QED) is 0.847. The zero-order valence-electron chi connectivity index (χ0n) is 13.0. The molecule has 1 N–H and O–H groups in total. The molecule has 2 aliphatic rings. The van der Waals surface area contributed by atoms with Gasteiger partial charge in [-0.3, -0.25) is 4.68 Å². The second kappa shape index (κ2) is 6.10. The van der Waals surface area contributed by atoms with Crippen molar-refractivity contribution in [3.05, 3.63) is 11.9 Å². The Balaban J connectivity index is 1.79. The van der Waals surface area contributed by atoms with Gasteiger partial charge < -0.3 is 4.74 Å². The number of ether oxygens (including phenoxy) is 1. The molecule has 0 bridgehead atoms. The van der Waals surface area contributed by atoms with Crippen LogP contribution in [0.5, 0.6) is 0 Å². The van der Waals surface area contributed by atoms with Crippen molar-refractivity contribution in [2.45, 2.75) is 42.4 Å². The highest BCUT2D eigenvalue weighted by atomic mass is 32.2. The predicted octanol–water partition coefficient (Wildman–Crippen LogP) is 1.64. The van der Waals surface area contributed by atoms with Crippen LogP contribution in [0.3, 0.4) is 0 Å². The van der Waals surface area contributed by atoms with Crippen LogP contribution in [0.25, 0.3) is 0 Å². The standard InChI is InChI=1S/C14H21F2N3O3S/c1-19-8-12(13(18-19)10-4-6-22-7-5-10)23(20,21)17-9-14(15,16)11-2-3-11/h8,10-11,17H,2-7,9H2,1H3. The van der Waals surface area contributed by atoms with Crippen molar-refractivity contribution in [3.63, 3.8) is 0 Å². The lowest BCUT2D eigenvalue weighted by molar-refractivity contribution is -0.0160. The first-order valence-electron chi connectivity index (χ1n) is 7.78. The number of halogens is 2. The SMILES string of the molecule is Cn1cc(S(=O)(=O)NCC(F)(F)C2CC2)c(C2CCOCC2)n1. The molecule has 3 rings (SSSR count). The summed E-state index contributed by atoms with van der Waals surface area (Å²) < 4.78 is 61.2. The molecule has 1 aromatic rings. The summed E-state index contributed by atoms with van der Waals surface area (Å²) in [5.74, 6) is -3.72. The van der Waals surface area contributed by atoms with E-state index in [9.17, 15) is 17.2 Å². The maximum Gasteiger partial charge on any atom is 0.264 e. The zero-order valence-corrected chi connectivity index (χ0v) is 13.8. The lowest BCUT2D eigenvalue weighted by atomic mass is 9.97. The van der Waals surface area contributed by atoms with E-state index in [-0.39, 0.29) is 10.8 Å². The Morgan fingerprint density at radius 3 is 2.61 bits per heavy atom. The van der Waals surface area contributed by atoms with Crippen molar-refractivity contribution < 1.29 is 21.9 Å². The molecule has 2 fully saturated rings. The smallest absolute Gasteiger partial charge is 0.264 e. The second-order valence-corrected chi connectivity index (χ2v) is 8.03. The normalized spacial score (nSPS) is 20.8. The zero-order chi connectivity index (χ0) is 16.7. The minimum absolute atomic E-state index is 0.00139. The van der Waals surface area contributed by atoms with Crippen molar-refractivity contribution >= 4 is 10.0 Å². The van der Waals surface area contributed by atoms with Gasteiger partial charge in [0.2, 0.25) is 10.0 Å². The number of rotatable bonds is 6. The molecule has 1 aromatic heterocycles. The number of sulfonamides is 1. The Kier molecular flexibility index (Phi) is 4.45. The molecule has 0 amide bonds. The summed E-state index contributed by atoms with van der Waals surface area (Å²) in [4.78, 5) is -0.00139. The van der Waals surface area contributed by atoms with Crippen molar-refractivity contribution in [3.8, 4) is 0 Å². The topological polar surface area (TPSA) is 73.2 Å². The average Bonchev–Trinajstić information content (AvgIpc) is 3.30. The molecule has 9 heteroatoms. The van der Waals surface area contributed by atoms with Gasteiger partial charge in [-0.05, 0) is 25.7 Å². The average molecular weight is 349 g/mol. The fraction of sp³-hybridized carbons (Fsp3) is 0.786. The molecular formula is C14H21F2N3O3S.